The van der Waals surface area contributed by atoms with Gasteiger partial charge in [-0.15, -0.1) is 0 Å². The van der Waals surface area contributed by atoms with E-state index < -0.39 is 0 Å². The van der Waals surface area contributed by atoms with Crippen molar-refractivity contribution in [1.82, 2.24) is 5.32 Å². The van der Waals surface area contributed by atoms with Crippen LogP contribution in [0, 0.1) is 13.8 Å². The van der Waals surface area contributed by atoms with Crippen LogP contribution in [0.4, 0.5) is 5.69 Å². The van der Waals surface area contributed by atoms with E-state index in [2.05, 4.69) is 11.4 Å². The molecule has 27 heavy (non-hydrogen) atoms. The number of ether oxygens (including phenoxy) is 2. The Balaban J connectivity index is 1.55. The van der Waals surface area contributed by atoms with Gasteiger partial charge in [-0.05, 0) is 54.8 Å². The number of carbonyl (C=O) groups excluding carboxylic acids is 2. The first-order valence-corrected chi connectivity index (χ1v) is 8.94. The molecule has 1 N–H and O–H groups in total. The van der Waals surface area contributed by atoms with Crippen LogP contribution in [0.3, 0.4) is 0 Å². The molecule has 2 aromatic rings. The fraction of sp³-hybridized carbons (Fsp3) is 0.333. The number of fused-ring (bicyclic) bond motifs is 1. The summed E-state index contributed by atoms with van der Waals surface area (Å²) >= 11 is 0. The highest BCUT2D eigenvalue weighted by atomic mass is 16.7. The third-order valence-corrected chi connectivity index (χ3v) is 4.39. The number of carbonyl (C=O) groups is 2. The molecule has 0 saturated carbocycles. The molecule has 6 nitrogen and oxygen atoms in total. The van der Waals surface area contributed by atoms with Crippen molar-refractivity contribution >= 4 is 17.5 Å². The van der Waals surface area contributed by atoms with E-state index in [0.717, 1.165) is 28.1 Å². The summed E-state index contributed by atoms with van der Waals surface area (Å²) in [6.45, 7) is 6.47. The molecule has 3 rings (SSSR count). The van der Waals surface area contributed by atoms with Crippen LogP contribution >= 0.6 is 0 Å². The molecule has 142 valence electrons. The summed E-state index contributed by atoms with van der Waals surface area (Å²) in [4.78, 5) is 25.9. The van der Waals surface area contributed by atoms with E-state index >= 15 is 0 Å². The molecule has 0 atom stereocenters. The highest BCUT2D eigenvalue weighted by Crippen LogP contribution is 2.32. The Morgan fingerprint density at radius 1 is 1.04 bits per heavy atom. The number of benzene rings is 2. The Kier molecular flexibility index (Phi) is 5.64. The van der Waals surface area contributed by atoms with Gasteiger partial charge >= 0.3 is 0 Å². The molecule has 0 aliphatic carbocycles. The van der Waals surface area contributed by atoms with E-state index in [0.29, 0.717) is 18.8 Å². The molecule has 0 radical (unpaired) electrons. The lowest BCUT2D eigenvalue weighted by Gasteiger charge is -2.22. The minimum absolute atomic E-state index is 0.0800. The maximum absolute atomic E-state index is 12.2. The van der Waals surface area contributed by atoms with Crippen LogP contribution in [0.5, 0.6) is 11.5 Å². The van der Waals surface area contributed by atoms with Gasteiger partial charge in [0.2, 0.25) is 18.6 Å². The molecule has 1 aliphatic heterocycles. The summed E-state index contributed by atoms with van der Waals surface area (Å²) in [5.74, 6) is 1.22. The minimum Gasteiger partial charge on any atom is -0.454 e. The van der Waals surface area contributed by atoms with Gasteiger partial charge in [0.25, 0.3) is 0 Å². The van der Waals surface area contributed by atoms with Crippen LogP contribution in [0.1, 0.15) is 30.0 Å². The molecule has 1 aliphatic rings. The Hall–Kier alpha value is -3.02. The summed E-state index contributed by atoms with van der Waals surface area (Å²) in [6, 6.07) is 11.6. The normalized spacial score (nSPS) is 12.0. The van der Waals surface area contributed by atoms with E-state index in [1.807, 2.05) is 44.2 Å². The second kappa shape index (κ2) is 8.12. The molecule has 0 saturated heterocycles. The molecular formula is C21H24N2O4. The van der Waals surface area contributed by atoms with Crippen molar-refractivity contribution < 1.29 is 19.1 Å². The lowest BCUT2D eigenvalue weighted by atomic mass is 10.1. The lowest BCUT2D eigenvalue weighted by Crippen LogP contribution is -2.33. The van der Waals surface area contributed by atoms with E-state index in [9.17, 15) is 9.59 Å². The van der Waals surface area contributed by atoms with Crippen molar-refractivity contribution in [2.75, 3.05) is 18.2 Å². The highest BCUT2D eigenvalue weighted by molar-refractivity contribution is 5.92. The molecule has 2 amide bonds. The first-order chi connectivity index (χ1) is 12.9. The highest BCUT2D eigenvalue weighted by Gasteiger charge is 2.15. The molecule has 6 heteroatoms. The van der Waals surface area contributed by atoms with Gasteiger partial charge in [0.05, 0.1) is 0 Å². The van der Waals surface area contributed by atoms with E-state index in [-0.39, 0.29) is 25.0 Å². The van der Waals surface area contributed by atoms with Crippen LogP contribution < -0.4 is 19.7 Å². The molecule has 0 aromatic heterocycles. The smallest absolute Gasteiger partial charge is 0.231 e. The maximum Gasteiger partial charge on any atom is 0.231 e. The van der Waals surface area contributed by atoms with Crippen LogP contribution in [0.25, 0.3) is 0 Å². The predicted octanol–water partition coefficient (Wildman–Crippen LogP) is 3.09. The zero-order chi connectivity index (χ0) is 19.4. The number of nitrogens with one attached hydrogen (secondary N) is 1. The van der Waals surface area contributed by atoms with Gasteiger partial charge < -0.3 is 19.7 Å². The monoisotopic (exact) mass is 368 g/mol. The third-order valence-electron chi connectivity index (χ3n) is 4.39. The van der Waals surface area contributed by atoms with Gasteiger partial charge in [-0.25, -0.2) is 0 Å². The molecular weight excluding hydrogens is 344 g/mol. The SMILES string of the molecule is CC(=O)N(CCC(=O)NCc1ccc2c(c1)OCO2)c1cc(C)cc(C)c1. The Bertz CT molecular complexity index is 843. The second-order valence-corrected chi connectivity index (χ2v) is 6.73. The van der Waals surface area contributed by atoms with Crippen molar-refractivity contribution in [2.24, 2.45) is 0 Å². The van der Waals surface area contributed by atoms with Crippen molar-refractivity contribution in [1.29, 1.82) is 0 Å². The topological polar surface area (TPSA) is 67.9 Å². The first-order valence-electron chi connectivity index (χ1n) is 8.94. The standard InChI is InChI=1S/C21H24N2O4/c1-14-8-15(2)10-18(9-14)23(16(3)24)7-6-21(25)22-12-17-4-5-19-20(11-17)27-13-26-19/h4-5,8-11H,6-7,12-13H2,1-3H3,(H,22,25). The van der Waals surface area contributed by atoms with Gasteiger partial charge in [0.15, 0.2) is 11.5 Å². The predicted molar refractivity (Wildman–Crippen MR) is 103 cm³/mol. The number of rotatable bonds is 6. The maximum atomic E-state index is 12.2. The van der Waals surface area contributed by atoms with Crippen molar-refractivity contribution in [2.45, 2.75) is 33.7 Å². The fourth-order valence-electron chi connectivity index (χ4n) is 3.13. The molecule has 0 unspecified atom stereocenters. The average Bonchev–Trinajstić information content (AvgIpc) is 3.06. The third kappa shape index (κ3) is 4.78. The summed E-state index contributed by atoms with van der Waals surface area (Å²) < 4.78 is 10.6. The number of hydrogen-bond acceptors (Lipinski definition) is 4. The largest absolute Gasteiger partial charge is 0.454 e. The molecule has 0 fully saturated rings. The van der Waals surface area contributed by atoms with E-state index in [1.165, 1.54) is 6.92 Å². The van der Waals surface area contributed by atoms with Crippen LogP contribution in [0.15, 0.2) is 36.4 Å². The molecule has 0 bridgehead atoms. The molecule has 2 aromatic carbocycles. The minimum atomic E-state index is -0.108. The zero-order valence-corrected chi connectivity index (χ0v) is 15.9. The summed E-state index contributed by atoms with van der Waals surface area (Å²) in [6.07, 6.45) is 0.233. The molecule has 0 spiro atoms. The second-order valence-electron chi connectivity index (χ2n) is 6.73. The summed E-state index contributed by atoms with van der Waals surface area (Å²) in [5.41, 5.74) is 3.93. The fourth-order valence-corrected chi connectivity index (χ4v) is 3.13. The van der Waals surface area contributed by atoms with Crippen LogP contribution in [0.2, 0.25) is 0 Å². The average molecular weight is 368 g/mol. The van der Waals surface area contributed by atoms with Gasteiger partial charge in [-0.2, -0.15) is 0 Å². The van der Waals surface area contributed by atoms with E-state index in [4.69, 9.17) is 9.47 Å². The quantitative estimate of drug-likeness (QED) is 0.851. The summed E-state index contributed by atoms with van der Waals surface area (Å²) in [7, 11) is 0. The Morgan fingerprint density at radius 2 is 1.74 bits per heavy atom. The number of nitrogens with zero attached hydrogens (tertiary/aromatic N) is 1. The number of amides is 2. The van der Waals surface area contributed by atoms with Crippen LogP contribution in [-0.2, 0) is 16.1 Å². The summed E-state index contributed by atoms with van der Waals surface area (Å²) in [5, 5.41) is 2.89. The van der Waals surface area contributed by atoms with Crippen molar-refractivity contribution in [3.63, 3.8) is 0 Å². The first kappa shape index (κ1) is 18.8. The number of aryl methyl sites for hydroxylation is 2. The van der Waals surface area contributed by atoms with E-state index in [1.54, 1.807) is 4.90 Å². The Labute approximate surface area is 159 Å². The lowest BCUT2D eigenvalue weighted by molar-refractivity contribution is -0.121. The Morgan fingerprint density at radius 3 is 2.44 bits per heavy atom. The van der Waals surface area contributed by atoms with Gasteiger partial charge in [0, 0.05) is 32.1 Å². The number of anilines is 1. The molecule has 1 heterocycles. The van der Waals surface area contributed by atoms with Crippen LogP contribution in [-0.4, -0.2) is 25.2 Å². The van der Waals surface area contributed by atoms with Crippen molar-refractivity contribution in [3.05, 3.63) is 53.1 Å². The van der Waals surface area contributed by atoms with Gasteiger partial charge in [0.1, 0.15) is 0 Å². The van der Waals surface area contributed by atoms with Gasteiger partial charge in [-0.1, -0.05) is 12.1 Å². The zero-order valence-electron chi connectivity index (χ0n) is 15.9. The van der Waals surface area contributed by atoms with Gasteiger partial charge in [-0.3, -0.25) is 9.59 Å². The van der Waals surface area contributed by atoms with Crippen molar-refractivity contribution in [3.8, 4) is 11.5 Å². The number of hydrogen-bond donors (Lipinski definition) is 1.